The molecule has 0 spiro atoms. The Balaban J connectivity index is 2.74. The minimum absolute atomic E-state index is 0.165. The normalized spacial score (nSPS) is 13.1. The van der Waals surface area contributed by atoms with Gasteiger partial charge in [0.1, 0.15) is 5.75 Å². The summed E-state index contributed by atoms with van der Waals surface area (Å²) < 4.78 is 32.2. The van der Waals surface area contributed by atoms with Crippen molar-refractivity contribution in [3.63, 3.8) is 0 Å². The van der Waals surface area contributed by atoms with Crippen LogP contribution in [0, 0.1) is 5.92 Å². The van der Waals surface area contributed by atoms with Crippen LogP contribution in [0.15, 0.2) is 23.1 Å². The molecule has 120 valence electrons. The Bertz CT molecular complexity index is 546. The standard InChI is InChI=1S/C15H24ClNO3S/c1-4-6-7-12(5-2)11-17-21(18,19)13-8-9-15(20-3)14(16)10-13/h8-10,12,17H,4-7,11H2,1-3H3/t12-/m1/s1. The van der Waals surface area contributed by atoms with Crippen LogP contribution in [-0.4, -0.2) is 22.1 Å². The van der Waals surface area contributed by atoms with Gasteiger partial charge in [-0.15, -0.1) is 0 Å². The third kappa shape index (κ3) is 5.49. The summed E-state index contributed by atoms with van der Waals surface area (Å²) in [6.45, 7) is 4.68. The molecule has 1 aromatic carbocycles. The molecule has 0 aliphatic heterocycles. The largest absolute Gasteiger partial charge is 0.495 e. The smallest absolute Gasteiger partial charge is 0.240 e. The van der Waals surface area contributed by atoms with Gasteiger partial charge in [0.05, 0.1) is 17.0 Å². The van der Waals surface area contributed by atoms with E-state index in [1.807, 2.05) is 0 Å². The van der Waals surface area contributed by atoms with Crippen LogP contribution in [0.5, 0.6) is 5.75 Å². The lowest BCUT2D eigenvalue weighted by molar-refractivity contribution is 0.414. The highest BCUT2D eigenvalue weighted by Gasteiger charge is 2.17. The summed E-state index contributed by atoms with van der Waals surface area (Å²) in [5.41, 5.74) is 0. The molecule has 0 bridgehead atoms. The highest BCUT2D eigenvalue weighted by atomic mass is 35.5. The Morgan fingerprint density at radius 1 is 1.33 bits per heavy atom. The predicted molar refractivity (Wildman–Crippen MR) is 86.5 cm³/mol. The molecule has 0 aliphatic carbocycles. The number of sulfonamides is 1. The fourth-order valence-electron chi connectivity index (χ4n) is 2.07. The molecule has 1 N–H and O–H groups in total. The number of benzene rings is 1. The SMILES string of the molecule is CCCC[C@@H](CC)CNS(=O)(=O)c1ccc(OC)c(Cl)c1. The summed E-state index contributed by atoms with van der Waals surface area (Å²) >= 11 is 5.98. The third-order valence-electron chi connectivity index (χ3n) is 3.54. The molecule has 0 aromatic heterocycles. The van der Waals surface area contributed by atoms with Gasteiger partial charge in [-0.1, -0.05) is 44.7 Å². The molecule has 1 rings (SSSR count). The van der Waals surface area contributed by atoms with Gasteiger partial charge in [-0.25, -0.2) is 13.1 Å². The Hall–Kier alpha value is -0.780. The molecule has 6 heteroatoms. The zero-order chi connectivity index (χ0) is 15.9. The summed E-state index contributed by atoms with van der Waals surface area (Å²) in [6, 6.07) is 4.47. The van der Waals surface area contributed by atoms with Crippen LogP contribution in [0.25, 0.3) is 0 Å². The monoisotopic (exact) mass is 333 g/mol. The van der Waals surface area contributed by atoms with Gasteiger partial charge in [-0.3, -0.25) is 0 Å². The average molecular weight is 334 g/mol. The van der Waals surface area contributed by atoms with E-state index in [2.05, 4.69) is 18.6 Å². The molecular weight excluding hydrogens is 310 g/mol. The first kappa shape index (κ1) is 18.3. The molecule has 0 saturated heterocycles. The topological polar surface area (TPSA) is 55.4 Å². The third-order valence-corrected chi connectivity index (χ3v) is 5.26. The van der Waals surface area contributed by atoms with Crippen molar-refractivity contribution in [2.75, 3.05) is 13.7 Å². The van der Waals surface area contributed by atoms with E-state index in [1.54, 1.807) is 6.07 Å². The molecule has 0 amide bonds. The van der Waals surface area contributed by atoms with E-state index < -0.39 is 10.0 Å². The zero-order valence-corrected chi connectivity index (χ0v) is 14.4. The van der Waals surface area contributed by atoms with Gasteiger partial charge >= 0.3 is 0 Å². The summed E-state index contributed by atoms with van der Waals surface area (Å²) in [4.78, 5) is 0.165. The number of unbranched alkanes of at least 4 members (excludes halogenated alkanes) is 1. The highest BCUT2D eigenvalue weighted by molar-refractivity contribution is 7.89. The number of hydrogen-bond donors (Lipinski definition) is 1. The molecule has 0 radical (unpaired) electrons. The van der Waals surface area contributed by atoms with Crippen molar-refractivity contribution in [1.29, 1.82) is 0 Å². The fourth-order valence-corrected chi connectivity index (χ4v) is 3.53. The van der Waals surface area contributed by atoms with Gasteiger partial charge in [-0.2, -0.15) is 0 Å². The summed E-state index contributed by atoms with van der Waals surface area (Å²) in [7, 11) is -2.03. The molecule has 1 aromatic rings. The first-order valence-corrected chi connectivity index (χ1v) is 9.13. The predicted octanol–water partition coefficient (Wildman–Crippen LogP) is 3.84. The minimum Gasteiger partial charge on any atom is -0.495 e. The molecule has 0 aliphatic rings. The van der Waals surface area contributed by atoms with E-state index in [0.29, 0.717) is 23.2 Å². The van der Waals surface area contributed by atoms with E-state index in [-0.39, 0.29) is 4.90 Å². The maximum atomic E-state index is 12.3. The van der Waals surface area contributed by atoms with Crippen LogP contribution in [0.2, 0.25) is 5.02 Å². The Labute approximate surface area is 132 Å². The van der Waals surface area contributed by atoms with Crippen LogP contribution in [0.4, 0.5) is 0 Å². The number of ether oxygens (including phenoxy) is 1. The molecule has 4 nitrogen and oxygen atoms in total. The van der Waals surface area contributed by atoms with Crippen molar-refractivity contribution in [3.05, 3.63) is 23.2 Å². The lowest BCUT2D eigenvalue weighted by Gasteiger charge is -2.15. The van der Waals surface area contributed by atoms with Crippen LogP contribution in [0.3, 0.4) is 0 Å². The van der Waals surface area contributed by atoms with Crippen molar-refractivity contribution in [2.45, 2.75) is 44.4 Å². The molecule has 21 heavy (non-hydrogen) atoms. The van der Waals surface area contributed by atoms with Crippen molar-refractivity contribution >= 4 is 21.6 Å². The van der Waals surface area contributed by atoms with Gasteiger partial charge in [0.2, 0.25) is 10.0 Å². The second kappa shape index (κ2) is 8.61. The van der Waals surface area contributed by atoms with E-state index >= 15 is 0 Å². The van der Waals surface area contributed by atoms with Crippen molar-refractivity contribution in [2.24, 2.45) is 5.92 Å². The molecule has 0 saturated carbocycles. The van der Waals surface area contributed by atoms with Crippen molar-refractivity contribution < 1.29 is 13.2 Å². The maximum absolute atomic E-state index is 12.3. The van der Waals surface area contributed by atoms with Crippen LogP contribution >= 0.6 is 11.6 Å². The average Bonchev–Trinajstić information content (AvgIpc) is 2.47. The second-order valence-electron chi connectivity index (χ2n) is 5.06. The van der Waals surface area contributed by atoms with Gasteiger partial charge in [0.15, 0.2) is 0 Å². The molecular formula is C15H24ClNO3S. The van der Waals surface area contributed by atoms with E-state index in [0.717, 1.165) is 25.7 Å². The Kier molecular flexibility index (Phi) is 7.49. The van der Waals surface area contributed by atoms with Gasteiger partial charge < -0.3 is 4.74 Å². The summed E-state index contributed by atoms with van der Waals surface area (Å²) in [6.07, 6.45) is 4.25. The van der Waals surface area contributed by atoms with Gasteiger partial charge in [-0.05, 0) is 30.5 Å². The molecule has 1 atom stereocenters. The number of methoxy groups -OCH3 is 1. The highest BCUT2D eigenvalue weighted by Crippen LogP contribution is 2.27. The number of nitrogens with one attached hydrogen (secondary N) is 1. The van der Waals surface area contributed by atoms with Crippen molar-refractivity contribution in [3.8, 4) is 5.75 Å². The molecule has 0 unspecified atom stereocenters. The fraction of sp³-hybridized carbons (Fsp3) is 0.600. The lowest BCUT2D eigenvalue weighted by Crippen LogP contribution is -2.29. The van der Waals surface area contributed by atoms with Crippen LogP contribution in [-0.2, 0) is 10.0 Å². The first-order chi connectivity index (χ1) is 9.94. The Morgan fingerprint density at radius 2 is 2.05 bits per heavy atom. The Morgan fingerprint density at radius 3 is 2.57 bits per heavy atom. The van der Waals surface area contributed by atoms with E-state index in [9.17, 15) is 8.42 Å². The summed E-state index contributed by atoms with van der Waals surface area (Å²) in [5.74, 6) is 0.832. The second-order valence-corrected chi connectivity index (χ2v) is 7.24. The van der Waals surface area contributed by atoms with Gasteiger partial charge in [0.25, 0.3) is 0 Å². The van der Waals surface area contributed by atoms with Crippen molar-refractivity contribution in [1.82, 2.24) is 4.72 Å². The number of halogens is 1. The number of hydrogen-bond acceptors (Lipinski definition) is 3. The zero-order valence-electron chi connectivity index (χ0n) is 12.9. The van der Waals surface area contributed by atoms with Crippen LogP contribution < -0.4 is 9.46 Å². The lowest BCUT2D eigenvalue weighted by atomic mass is 10.00. The van der Waals surface area contributed by atoms with Gasteiger partial charge in [0, 0.05) is 6.54 Å². The number of rotatable bonds is 9. The maximum Gasteiger partial charge on any atom is 0.240 e. The van der Waals surface area contributed by atoms with E-state index in [4.69, 9.17) is 16.3 Å². The minimum atomic E-state index is -3.53. The molecule has 0 heterocycles. The quantitative estimate of drug-likeness (QED) is 0.747. The van der Waals surface area contributed by atoms with E-state index in [1.165, 1.54) is 19.2 Å². The molecule has 0 fully saturated rings. The summed E-state index contributed by atoms with van der Waals surface area (Å²) in [5, 5.41) is 0.290. The van der Waals surface area contributed by atoms with Crippen LogP contribution in [0.1, 0.15) is 39.5 Å². The first-order valence-electron chi connectivity index (χ1n) is 7.27.